The zero-order valence-electron chi connectivity index (χ0n) is 10.1. The van der Waals surface area contributed by atoms with Crippen LogP contribution in [0.3, 0.4) is 0 Å². The fraction of sp³-hybridized carbons (Fsp3) is 0.538. The first-order valence-corrected chi connectivity index (χ1v) is 6.17. The maximum atomic E-state index is 5.36. The molecule has 1 fully saturated rings. The summed E-state index contributed by atoms with van der Waals surface area (Å²) in [6.45, 7) is 2.55. The van der Waals surface area contributed by atoms with Gasteiger partial charge in [-0.2, -0.15) is 0 Å². The molecule has 2 heterocycles. The summed E-state index contributed by atoms with van der Waals surface area (Å²) in [4.78, 5) is 2.42. The van der Waals surface area contributed by atoms with Crippen molar-refractivity contribution in [3.8, 4) is 11.5 Å². The van der Waals surface area contributed by atoms with Crippen molar-refractivity contribution >= 4 is 5.69 Å². The first kappa shape index (κ1) is 10.7. The highest BCUT2D eigenvalue weighted by Gasteiger charge is 2.20. The van der Waals surface area contributed by atoms with E-state index in [1.165, 1.54) is 19.4 Å². The molecule has 1 unspecified atom stereocenters. The third-order valence-corrected chi connectivity index (χ3v) is 3.59. The molecule has 0 aromatic heterocycles. The molecule has 1 atom stereocenters. The van der Waals surface area contributed by atoms with E-state index in [0.717, 1.165) is 23.7 Å². The summed E-state index contributed by atoms with van der Waals surface area (Å²) in [5.74, 6) is 1.68. The first-order chi connectivity index (χ1) is 8.33. The minimum Gasteiger partial charge on any atom is -0.454 e. The van der Waals surface area contributed by atoms with Gasteiger partial charge in [0, 0.05) is 24.3 Å². The van der Waals surface area contributed by atoms with Crippen LogP contribution in [-0.4, -0.2) is 37.9 Å². The van der Waals surface area contributed by atoms with Gasteiger partial charge in [0.15, 0.2) is 11.5 Å². The van der Waals surface area contributed by atoms with Crippen molar-refractivity contribution in [2.45, 2.75) is 18.9 Å². The third kappa shape index (κ3) is 2.17. The van der Waals surface area contributed by atoms with Crippen LogP contribution in [0, 0.1) is 0 Å². The molecule has 4 heteroatoms. The van der Waals surface area contributed by atoms with E-state index in [0.29, 0.717) is 12.8 Å². The van der Waals surface area contributed by atoms with Gasteiger partial charge in [-0.25, -0.2) is 0 Å². The predicted molar refractivity (Wildman–Crippen MR) is 66.7 cm³/mol. The number of benzene rings is 1. The van der Waals surface area contributed by atoms with Crippen LogP contribution in [0.15, 0.2) is 18.2 Å². The molecule has 0 saturated carbocycles. The topological polar surface area (TPSA) is 33.7 Å². The number of nitrogens with zero attached hydrogens (tertiary/aromatic N) is 1. The van der Waals surface area contributed by atoms with E-state index >= 15 is 0 Å². The molecule has 4 nitrogen and oxygen atoms in total. The van der Waals surface area contributed by atoms with Gasteiger partial charge in [-0.3, -0.25) is 0 Å². The summed E-state index contributed by atoms with van der Waals surface area (Å²) >= 11 is 0. The molecule has 0 aliphatic carbocycles. The van der Waals surface area contributed by atoms with Gasteiger partial charge < -0.3 is 19.7 Å². The highest BCUT2D eigenvalue weighted by Crippen LogP contribution is 2.34. The van der Waals surface area contributed by atoms with Gasteiger partial charge in [0.1, 0.15) is 0 Å². The molecule has 1 saturated heterocycles. The van der Waals surface area contributed by atoms with Crippen LogP contribution < -0.4 is 14.8 Å². The van der Waals surface area contributed by atoms with E-state index in [-0.39, 0.29) is 0 Å². The van der Waals surface area contributed by atoms with E-state index < -0.39 is 0 Å². The van der Waals surface area contributed by atoms with Crippen LogP contribution in [0.25, 0.3) is 0 Å². The molecule has 17 heavy (non-hydrogen) atoms. The van der Waals surface area contributed by atoms with Crippen molar-refractivity contribution in [2.75, 3.05) is 32.2 Å². The Kier molecular flexibility index (Phi) is 2.81. The van der Waals surface area contributed by atoms with Crippen molar-refractivity contribution in [3.05, 3.63) is 18.2 Å². The summed E-state index contributed by atoms with van der Waals surface area (Å²) in [6.07, 6.45) is 2.60. The summed E-state index contributed by atoms with van der Waals surface area (Å²) in [5, 5.41) is 3.47. The van der Waals surface area contributed by atoms with Crippen LogP contribution in [0.5, 0.6) is 11.5 Å². The van der Waals surface area contributed by atoms with Gasteiger partial charge in [-0.15, -0.1) is 0 Å². The van der Waals surface area contributed by atoms with Crippen molar-refractivity contribution in [1.29, 1.82) is 0 Å². The highest BCUT2D eigenvalue weighted by molar-refractivity contribution is 5.55. The molecule has 0 bridgehead atoms. The highest BCUT2D eigenvalue weighted by atomic mass is 16.7. The molecule has 0 radical (unpaired) electrons. The lowest BCUT2D eigenvalue weighted by atomic mass is 10.2. The van der Waals surface area contributed by atoms with Crippen molar-refractivity contribution < 1.29 is 9.47 Å². The number of hydrogen-bond acceptors (Lipinski definition) is 4. The molecule has 0 amide bonds. The molecule has 2 aliphatic heterocycles. The maximum absolute atomic E-state index is 5.36. The maximum Gasteiger partial charge on any atom is 0.231 e. The normalized spacial score (nSPS) is 23.0. The lowest BCUT2D eigenvalue weighted by molar-refractivity contribution is 0.174. The predicted octanol–water partition coefficient (Wildman–Crippen LogP) is 1.92. The summed E-state index contributed by atoms with van der Waals surface area (Å²) in [5.41, 5.74) is 1.11. The average molecular weight is 234 g/mol. The van der Waals surface area contributed by atoms with E-state index in [1.807, 2.05) is 18.2 Å². The standard InChI is InChI=1S/C13H18N2O2/c1-15-6-2-3-11(15)8-14-10-4-5-12-13(7-10)17-9-16-12/h4-5,7,11,14H,2-3,6,8-9H2,1H3. The second-order valence-corrected chi connectivity index (χ2v) is 4.73. The third-order valence-electron chi connectivity index (χ3n) is 3.59. The van der Waals surface area contributed by atoms with Crippen LogP contribution >= 0.6 is 0 Å². The Balaban J connectivity index is 1.61. The van der Waals surface area contributed by atoms with Crippen LogP contribution in [0.1, 0.15) is 12.8 Å². The van der Waals surface area contributed by atoms with Gasteiger partial charge >= 0.3 is 0 Å². The summed E-state index contributed by atoms with van der Waals surface area (Å²) in [7, 11) is 2.19. The second-order valence-electron chi connectivity index (χ2n) is 4.73. The number of fused-ring (bicyclic) bond motifs is 1. The lowest BCUT2D eigenvalue weighted by Crippen LogP contribution is -2.31. The number of ether oxygens (including phenoxy) is 2. The van der Waals surface area contributed by atoms with Gasteiger partial charge in [0.25, 0.3) is 0 Å². The second kappa shape index (κ2) is 4.45. The molecule has 1 aromatic rings. The minimum atomic E-state index is 0.337. The van der Waals surface area contributed by atoms with Gasteiger partial charge in [0.2, 0.25) is 6.79 Å². The molecule has 1 N–H and O–H groups in total. The Labute approximate surface area is 102 Å². The van der Waals surface area contributed by atoms with Gasteiger partial charge in [-0.05, 0) is 38.6 Å². The fourth-order valence-corrected chi connectivity index (χ4v) is 2.48. The van der Waals surface area contributed by atoms with E-state index in [4.69, 9.17) is 9.47 Å². The average Bonchev–Trinajstić information content (AvgIpc) is 2.94. The van der Waals surface area contributed by atoms with Crippen molar-refractivity contribution in [3.63, 3.8) is 0 Å². The van der Waals surface area contributed by atoms with Crippen LogP contribution in [0.2, 0.25) is 0 Å². The number of anilines is 1. The van der Waals surface area contributed by atoms with Crippen LogP contribution in [-0.2, 0) is 0 Å². The number of likely N-dealkylation sites (tertiary alicyclic amines) is 1. The molecule has 0 spiro atoms. The molecule has 92 valence electrons. The Morgan fingerprint density at radius 3 is 3.06 bits per heavy atom. The molecule has 2 aliphatic rings. The molecular formula is C13H18N2O2. The Bertz CT molecular complexity index is 408. The number of nitrogens with one attached hydrogen (secondary N) is 1. The SMILES string of the molecule is CN1CCCC1CNc1ccc2c(c1)OCO2. The van der Waals surface area contributed by atoms with E-state index in [9.17, 15) is 0 Å². The molecular weight excluding hydrogens is 216 g/mol. The largest absolute Gasteiger partial charge is 0.454 e. The van der Waals surface area contributed by atoms with Crippen molar-refractivity contribution in [1.82, 2.24) is 4.90 Å². The summed E-state index contributed by atoms with van der Waals surface area (Å²) < 4.78 is 10.6. The quantitative estimate of drug-likeness (QED) is 0.866. The Morgan fingerprint density at radius 2 is 2.24 bits per heavy atom. The van der Waals surface area contributed by atoms with Crippen LogP contribution in [0.4, 0.5) is 5.69 Å². The van der Waals surface area contributed by atoms with Crippen molar-refractivity contribution in [2.24, 2.45) is 0 Å². The molecule has 3 rings (SSSR count). The van der Waals surface area contributed by atoms with Gasteiger partial charge in [-0.1, -0.05) is 0 Å². The smallest absolute Gasteiger partial charge is 0.231 e. The Morgan fingerprint density at radius 1 is 1.35 bits per heavy atom. The zero-order valence-corrected chi connectivity index (χ0v) is 10.1. The summed E-state index contributed by atoms with van der Waals surface area (Å²) in [6, 6.07) is 6.67. The molecule has 1 aromatic carbocycles. The minimum absolute atomic E-state index is 0.337. The monoisotopic (exact) mass is 234 g/mol. The number of likely N-dealkylation sites (N-methyl/N-ethyl adjacent to an activating group) is 1. The fourth-order valence-electron chi connectivity index (χ4n) is 2.48. The van der Waals surface area contributed by atoms with Gasteiger partial charge in [0.05, 0.1) is 0 Å². The van der Waals surface area contributed by atoms with E-state index in [1.54, 1.807) is 0 Å². The first-order valence-electron chi connectivity index (χ1n) is 6.17. The lowest BCUT2D eigenvalue weighted by Gasteiger charge is -2.20. The Hall–Kier alpha value is -1.42. The zero-order chi connectivity index (χ0) is 11.7. The van der Waals surface area contributed by atoms with E-state index in [2.05, 4.69) is 17.3 Å². The number of rotatable bonds is 3. The number of hydrogen-bond donors (Lipinski definition) is 1.